The molecule has 0 saturated heterocycles. The van der Waals surface area contributed by atoms with Gasteiger partial charge in [-0.3, -0.25) is 4.98 Å². The molecule has 0 radical (unpaired) electrons. The molecule has 0 atom stereocenters. The van der Waals surface area contributed by atoms with Crippen LogP contribution < -0.4 is 4.90 Å². The molecule has 2 heterocycles. The summed E-state index contributed by atoms with van der Waals surface area (Å²) in [6.45, 7) is 0. The lowest BCUT2D eigenvalue weighted by Crippen LogP contribution is -2.09. The molecule has 0 unspecified atom stereocenters. The molecule has 0 N–H and O–H groups in total. The number of nitrogens with zero attached hydrogens (tertiary/aromatic N) is 2. The van der Waals surface area contributed by atoms with E-state index in [1.54, 1.807) is 12.4 Å². The van der Waals surface area contributed by atoms with Crippen LogP contribution in [0.4, 0.5) is 17.1 Å². The second-order valence-corrected chi connectivity index (χ2v) is 8.16. The molecule has 0 saturated carbocycles. The fourth-order valence-corrected chi connectivity index (χ4v) is 4.29. The van der Waals surface area contributed by atoms with Crippen molar-refractivity contribution in [3.8, 4) is 0 Å². The number of fused-ring (bicyclic) bond motifs is 3. The summed E-state index contributed by atoms with van der Waals surface area (Å²) in [4.78, 5) is 6.35. The molecular weight excluding hydrogens is 416 g/mol. The molecule has 0 aliphatic carbocycles. The molecule has 2 aromatic heterocycles. The molecule has 162 valence electrons. The van der Waals surface area contributed by atoms with Crippen molar-refractivity contribution < 1.29 is 4.42 Å². The lowest BCUT2D eigenvalue weighted by atomic mass is 10.1. The van der Waals surface area contributed by atoms with Gasteiger partial charge in [-0.05, 0) is 77.9 Å². The van der Waals surface area contributed by atoms with E-state index >= 15 is 0 Å². The van der Waals surface area contributed by atoms with Gasteiger partial charge in [-0.25, -0.2) is 0 Å². The van der Waals surface area contributed by atoms with Gasteiger partial charge in [0.15, 0.2) is 0 Å². The fourth-order valence-electron chi connectivity index (χ4n) is 4.29. The lowest BCUT2D eigenvalue weighted by Gasteiger charge is -2.25. The Bertz CT molecular complexity index is 1550. The Morgan fingerprint density at radius 1 is 0.529 bits per heavy atom. The zero-order chi connectivity index (χ0) is 22.7. The molecule has 0 aliphatic heterocycles. The first-order chi connectivity index (χ1) is 16.8. The molecular formula is C31H22N2O. The van der Waals surface area contributed by atoms with Crippen LogP contribution in [0.15, 0.2) is 126 Å². The van der Waals surface area contributed by atoms with Gasteiger partial charge in [-0.15, -0.1) is 0 Å². The smallest absolute Gasteiger partial charge is 0.135 e. The second-order valence-electron chi connectivity index (χ2n) is 8.16. The van der Waals surface area contributed by atoms with Crippen molar-refractivity contribution in [2.75, 3.05) is 4.90 Å². The highest BCUT2D eigenvalue weighted by atomic mass is 16.3. The number of hydrogen-bond acceptors (Lipinski definition) is 3. The van der Waals surface area contributed by atoms with Crippen LogP contribution >= 0.6 is 0 Å². The van der Waals surface area contributed by atoms with Gasteiger partial charge in [0, 0.05) is 40.2 Å². The van der Waals surface area contributed by atoms with E-state index in [4.69, 9.17) is 4.42 Å². The van der Waals surface area contributed by atoms with Crippen molar-refractivity contribution in [3.05, 3.63) is 133 Å². The number of para-hydroxylation sites is 2. The van der Waals surface area contributed by atoms with Crippen LogP contribution in [0.25, 0.3) is 34.1 Å². The SMILES string of the molecule is C(=C\c1ccc2oc3ccc(N(c4ccccc4)c4ccccc4)cc3c2c1)/c1ccncc1. The van der Waals surface area contributed by atoms with E-state index in [1.165, 1.54) is 0 Å². The van der Waals surface area contributed by atoms with Gasteiger partial charge in [-0.1, -0.05) is 54.6 Å². The molecule has 34 heavy (non-hydrogen) atoms. The molecule has 3 heteroatoms. The summed E-state index contributed by atoms with van der Waals surface area (Å²) in [5.41, 5.74) is 7.33. The predicted octanol–water partition coefficient (Wildman–Crippen LogP) is 8.62. The van der Waals surface area contributed by atoms with Crippen molar-refractivity contribution in [2.45, 2.75) is 0 Å². The maximum atomic E-state index is 6.17. The summed E-state index contributed by atoms with van der Waals surface area (Å²) >= 11 is 0. The average molecular weight is 439 g/mol. The summed E-state index contributed by atoms with van der Waals surface area (Å²) in [5.74, 6) is 0. The minimum absolute atomic E-state index is 0.884. The standard InChI is InChI=1S/C31H22N2O/c1-3-7-25(8-4-1)33(26-9-5-2-6-10-26)27-14-16-31-29(22-27)28-21-24(13-15-30(28)34-31)12-11-23-17-19-32-20-18-23/h1-22H/b12-11+. The van der Waals surface area contributed by atoms with E-state index in [-0.39, 0.29) is 0 Å². The van der Waals surface area contributed by atoms with E-state index in [9.17, 15) is 0 Å². The zero-order valence-electron chi connectivity index (χ0n) is 18.5. The number of aromatic nitrogens is 1. The molecule has 6 aromatic rings. The number of anilines is 3. The first kappa shape index (κ1) is 20.0. The van der Waals surface area contributed by atoms with E-state index in [1.807, 2.05) is 30.3 Å². The number of furan rings is 1. The number of hydrogen-bond donors (Lipinski definition) is 0. The third kappa shape index (κ3) is 3.84. The summed E-state index contributed by atoms with van der Waals surface area (Å²) < 4.78 is 6.17. The average Bonchev–Trinajstić information content (AvgIpc) is 3.27. The number of pyridine rings is 1. The Balaban J connectivity index is 1.47. The van der Waals surface area contributed by atoms with Crippen LogP contribution in [0.5, 0.6) is 0 Å². The van der Waals surface area contributed by atoms with Gasteiger partial charge in [-0.2, -0.15) is 0 Å². The fraction of sp³-hybridized carbons (Fsp3) is 0. The van der Waals surface area contributed by atoms with E-state index in [0.29, 0.717) is 0 Å². The van der Waals surface area contributed by atoms with Gasteiger partial charge >= 0.3 is 0 Å². The van der Waals surface area contributed by atoms with Gasteiger partial charge in [0.2, 0.25) is 0 Å². The molecule has 4 aromatic carbocycles. The van der Waals surface area contributed by atoms with E-state index in [2.05, 4.69) is 101 Å². The minimum Gasteiger partial charge on any atom is -0.456 e. The van der Waals surface area contributed by atoms with Crippen molar-refractivity contribution in [1.29, 1.82) is 0 Å². The highest BCUT2D eigenvalue weighted by Gasteiger charge is 2.15. The Labute approximate surface area is 198 Å². The van der Waals surface area contributed by atoms with Gasteiger partial charge < -0.3 is 9.32 Å². The van der Waals surface area contributed by atoms with Gasteiger partial charge in [0.05, 0.1) is 0 Å². The maximum Gasteiger partial charge on any atom is 0.135 e. The molecule has 6 rings (SSSR count). The van der Waals surface area contributed by atoms with Gasteiger partial charge in [0.25, 0.3) is 0 Å². The Hall–Kier alpha value is -4.63. The van der Waals surface area contributed by atoms with Crippen LogP contribution in [0.2, 0.25) is 0 Å². The van der Waals surface area contributed by atoms with Crippen molar-refractivity contribution in [2.24, 2.45) is 0 Å². The van der Waals surface area contributed by atoms with Crippen molar-refractivity contribution in [1.82, 2.24) is 4.98 Å². The Morgan fingerprint density at radius 3 is 1.79 bits per heavy atom. The van der Waals surface area contributed by atoms with E-state index < -0.39 is 0 Å². The zero-order valence-corrected chi connectivity index (χ0v) is 18.5. The summed E-state index contributed by atoms with van der Waals surface area (Å²) in [5, 5.41) is 2.21. The summed E-state index contributed by atoms with van der Waals surface area (Å²) in [7, 11) is 0. The quantitative estimate of drug-likeness (QED) is 0.270. The van der Waals surface area contributed by atoms with Crippen LogP contribution in [0.3, 0.4) is 0 Å². The molecule has 3 nitrogen and oxygen atoms in total. The van der Waals surface area contributed by atoms with E-state index in [0.717, 1.165) is 50.1 Å². The summed E-state index contributed by atoms with van der Waals surface area (Å²) in [6, 6.07) is 37.6. The summed E-state index contributed by atoms with van der Waals surface area (Å²) in [6.07, 6.45) is 7.83. The molecule has 0 fully saturated rings. The first-order valence-electron chi connectivity index (χ1n) is 11.3. The Morgan fingerprint density at radius 2 is 1.12 bits per heavy atom. The van der Waals surface area contributed by atoms with Crippen molar-refractivity contribution >= 4 is 51.2 Å². The lowest BCUT2D eigenvalue weighted by molar-refractivity contribution is 0.669. The first-order valence-corrected chi connectivity index (χ1v) is 11.3. The van der Waals surface area contributed by atoms with Crippen LogP contribution in [0, 0.1) is 0 Å². The third-order valence-electron chi connectivity index (χ3n) is 5.94. The number of benzene rings is 4. The number of rotatable bonds is 5. The minimum atomic E-state index is 0.884. The van der Waals surface area contributed by atoms with Crippen LogP contribution in [-0.4, -0.2) is 4.98 Å². The monoisotopic (exact) mass is 438 g/mol. The molecule has 0 bridgehead atoms. The van der Waals surface area contributed by atoms with Crippen LogP contribution in [0.1, 0.15) is 11.1 Å². The third-order valence-corrected chi connectivity index (χ3v) is 5.94. The highest BCUT2D eigenvalue weighted by Crippen LogP contribution is 2.38. The van der Waals surface area contributed by atoms with Gasteiger partial charge in [0.1, 0.15) is 11.2 Å². The molecule has 0 spiro atoms. The second kappa shape index (κ2) is 8.72. The largest absolute Gasteiger partial charge is 0.456 e. The topological polar surface area (TPSA) is 29.3 Å². The molecule has 0 amide bonds. The van der Waals surface area contributed by atoms with Crippen molar-refractivity contribution in [3.63, 3.8) is 0 Å². The molecule has 0 aliphatic rings. The normalized spacial score (nSPS) is 11.4. The Kier molecular flexibility index (Phi) is 5.13. The van der Waals surface area contributed by atoms with Crippen LogP contribution in [-0.2, 0) is 0 Å². The maximum absolute atomic E-state index is 6.17. The highest BCUT2D eigenvalue weighted by molar-refractivity contribution is 6.07. The predicted molar refractivity (Wildman–Crippen MR) is 142 cm³/mol.